The van der Waals surface area contributed by atoms with E-state index in [1.165, 1.54) is 0 Å². The van der Waals surface area contributed by atoms with E-state index < -0.39 is 5.41 Å². The number of nitrogens with one attached hydrogen (secondary N) is 2. The first-order valence-electron chi connectivity index (χ1n) is 12.7. The van der Waals surface area contributed by atoms with Gasteiger partial charge < -0.3 is 19.9 Å². The second-order valence-corrected chi connectivity index (χ2v) is 11.4. The number of hydrogen-bond acceptors (Lipinski definition) is 4. The van der Waals surface area contributed by atoms with Gasteiger partial charge in [-0.3, -0.25) is 9.59 Å². The minimum Gasteiger partial charge on any atom is -0.493 e. The van der Waals surface area contributed by atoms with Crippen molar-refractivity contribution in [3.8, 4) is 5.75 Å². The molecule has 0 bridgehead atoms. The summed E-state index contributed by atoms with van der Waals surface area (Å²) >= 11 is 13.3. The molecule has 1 saturated carbocycles. The number of hydrogen-bond donors (Lipinski definition) is 2. The topological polar surface area (TPSA) is 85.2 Å². The van der Waals surface area contributed by atoms with Crippen LogP contribution >= 0.6 is 23.2 Å². The highest BCUT2D eigenvalue weighted by Crippen LogP contribution is 2.33. The van der Waals surface area contributed by atoms with Crippen molar-refractivity contribution in [2.24, 2.45) is 12.5 Å². The Balaban J connectivity index is 1.64. The molecule has 0 aliphatic heterocycles. The summed E-state index contributed by atoms with van der Waals surface area (Å²) in [5, 5.41) is 7.06. The summed E-state index contributed by atoms with van der Waals surface area (Å²) < 4.78 is 7.79. The summed E-state index contributed by atoms with van der Waals surface area (Å²) in [5.74, 6) is 1.08. The van der Waals surface area contributed by atoms with Crippen LogP contribution in [0.1, 0.15) is 74.3 Å². The lowest BCUT2D eigenvalue weighted by molar-refractivity contribution is -0.128. The second-order valence-electron chi connectivity index (χ2n) is 10.6. The molecule has 1 heterocycles. The fourth-order valence-electron chi connectivity index (χ4n) is 4.24. The Kier molecular flexibility index (Phi) is 8.05. The first kappa shape index (κ1) is 27.3. The molecule has 4 rings (SSSR count). The molecule has 1 fully saturated rings. The van der Waals surface area contributed by atoms with Crippen LogP contribution in [0.2, 0.25) is 10.0 Å². The molecular formula is C28H34Cl2N4O3. The average molecular weight is 546 g/mol. The van der Waals surface area contributed by atoms with Crippen molar-refractivity contribution >= 4 is 46.0 Å². The Labute approximate surface area is 227 Å². The molecule has 198 valence electrons. The van der Waals surface area contributed by atoms with Crippen LogP contribution in [0.5, 0.6) is 5.75 Å². The quantitative estimate of drug-likeness (QED) is 0.374. The van der Waals surface area contributed by atoms with Gasteiger partial charge in [0.1, 0.15) is 11.6 Å². The van der Waals surface area contributed by atoms with Gasteiger partial charge in [-0.15, -0.1) is 0 Å². The maximum Gasteiger partial charge on any atom is 0.255 e. The Morgan fingerprint density at radius 3 is 2.54 bits per heavy atom. The monoisotopic (exact) mass is 544 g/mol. The molecule has 0 radical (unpaired) electrons. The normalized spacial score (nSPS) is 13.9. The number of fused-ring (bicyclic) bond motifs is 1. The van der Waals surface area contributed by atoms with Gasteiger partial charge in [-0.1, -0.05) is 50.0 Å². The van der Waals surface area contributed by atoms with Crippen molar-refractivity contribution in [3.63, 3.8) is 0 Å². The van der Waals surface area contributed by atoms with Crippen LogP contribution in [0.15, 0.2) is 24.3 Å². The lowest BCUT2D eigenvalue weighted by atomic mass is 9.93. The number of amides is 2. The fraction of sp³-hybridized carbons (Fsp3) is 0.464. The Morgan fingerprint density at radius 2 is 1.92 bits per heavy atom. The molecule has 2 aromatic carbocycles. The molecule has 0 atom stereocenters. The summed E-state index contributed by atoms with van der Waals surface area (Å²) in [6.45, 7) is 8.24. The molecule has 1 aromatic heterocycles. The molecule has 37 heavy (non-hydrogen) atoms. The molecule has 1 aliphatic carbocycles. The molecule has 9 heteroatoms. The van der Waals surface area contributed by atoms with Crippen molar-refractivity contribution in [1.29, 1.82) is 0 Å². The maximum absolute atomic E-state index is 13.0. The smallest absolute Gasteiger partial charge is 0.255 e. The third-order valence-electron chi connectivity index (χ3n) is 6.78. The first-order chi connectivity index (χ1) is 17.5. The Hall–Kier alpha value is -2.77. The standard InChI is InChI=1S/C28H34Cl2N4O3/c1-6-37-23-14-22-21(12-19(23)26(35)32-17-8-7-9-17)33-24(34(22)5)13-18-20(29)11-10-16(25(18)30)15-31-27(36)28(2,3)4/h10-12,14,17H,6-9,13,15H2,1-5H3,(H,31,36)(H,32,35). The van der Waals surface area contributed by atoms with Gasteiger partial charge in [-0.2, -0.15) is 0 Å². The van der Waals surface area contributed by atoms with E-state index in [1.807, 2.05) is 51.4 Å². The molecule has 3 aromatic rings. The van der Waals surface area contributed by atoms with Gasteiger partial charge in [0.05, 0.1) is 28.2 Å². The van der Waals surface area contributed by atoms with Gasteiger partial charge in [0.2, 0.25) is 5.91 Å². The highest BCUT2D eigenvalue weighted by atomic mass is 35.5. The highest BCUT2D eigenvalue weighted by Gasteiger charge is 2.25. The number of carbonyl (C=O) groups is 2. The summed E-state index contributed by atoms with van der Waals surface area (Å²) in [4.78, 5) is 30.1. The number of halogens is 2. The lowest BCUT2D eigenvalue weighted by Gasteiger charge is -2.26. The number of benzene rings is 2. The van der Waals surface area contributed by atoms with E-state index in [9.17, 15) is 9.59 Å². The number of aromatic nitrogens is 2. The number of ether oxygens (including phenoxy) is 1. The molecule has 0 unspecified atom stereocenters. The van der Waals surface area contributed by atoms with E-state index in [0.717, 1.165) is 41.7 Å². The van der Waals surface area contributed by atoms with Gasteiger partial charge in [-0.25, -0.2) is 4.98 Å². The van der Waals surface area contributed by atoms with E-state index in [2.05, 4.69) is 10.6 Å². The third kappa shape index (κ3) is 5.88. The number of nitrogens with zero attached hydrogens (tertiary/aromatic N) is 2. The summed E-state index contributed by atoms with van der Waals surface area (Å²) in [6, 6.07) is 7.50. The van der Waals surface area contributed by atoms with E-state index >= 15 is 0 Å². The average Bonchev–Trinajstić information content (AvgIpc) is 3.11. The van der Waals surface area contributed by atoms with Crippen LogP contribution in [-0.4, -0.2) is 34.0 Å². The van der Waals surface area contributed by atoms with Gasteiger partial charge in [0.15, 0.2) is 0 Å². The van der Waals surface area contributed by atoms with Gasteiger partial charge >= 0.3 is 0 Å². The number of imidazole rings is 1. The van der Waals surface area contributed by atoms with Crippen molar-refractivity contribution in [3.05, 3.63) is 56.8 Å². The largest absolute Gasteiger partial charge is 0.493 e. The minimum absolute atomic E-state index is 0.0577. The molecule has 2 amide bonds. The van der Waals surface area contributed by atoms with Gasteiger partial charge in [0.25, 0.3) is 5.91 Å². The van der Waals surface area contributed by atoms with Crippen LogP contribution in [0.3, 0.4) is 0 Å². The van der Waals surface area contributed by atoms with E-state index in [0.29, 0.717) is 46.4 Å². The molecule has 0 saturated heterocycles. The zero-order chi connectivity index (χ0) is 26.9. The summed E-state index contributed by atoms with van der Waals surface area (Å²) in [7, 11) is 1.92. The minimum atomic E-state index is -0.497. The highest BCUT2D eigenvalue weighted by molar-refractivity contribution is 6.36. The van der Waals surface area contributed by atoms with Gasteiger partial charge in [0, 0.05) is 42.6 Å². The SMILES string of the molecule is CCOc1cc2c(cc1C(=O)NC1CCC1)nc(Cc1c(Cl)ccc(CNC(=O)C(C)(C)C)c1Cl)n2C. The molecule has 0 spiro atoms. The number of carbonyl (C=O) groups excluding carboxylic acids is 2. The molecule has 1 aliphatic rings. The predicted octanol–water partition coefficient (Wildman–Crippen LogP) is 5.81. The number of aryl methyl sites for hydroxylation is 1. The molecule has 2 N–H and O–H groups in total. The molecular weight excluding hydrogens is 511 g/mol. The lowest BCUT2D eigenvalue weighted by Crippen LogP contribution is -2.39. The van der Waals surface area contributed by atoms with Crippen molar-refractivity contribution in [2.45, 2.75) is 66.0 Å². The first-order valence-corrected chi connectivity index (χ1v) is 13.4. The van der Waals surface area contributed by atoms with E-state index in [1.54, 1.807) is 12.1 Å². The summed E-state index contributed by atoms with van der Waals surface area (Å²) in [5.41, 5.74) is 3.05. The summed E-state index contributed by atoms with van der Waals surface area (Å²) in [6.07, 6.45) is 3.54. The third-order valence-corrected chi connectivity index (χ3v) is 7.61. The van der Waals surface area contributed by atoms with Crippen LogP contribution in [0.4, 0.5) is 0 Å². The fourth-order valence-corrected chi connectivity index (χ4v) is 4.81. The van der Waals surface area contributed by atoms with Crippen LogP contribution < -0.4 is 15.4 Å². The van der Waals surface area contributed by atoms with Crippen LogP contribution in [0, 0.1) is 5.41 Å². The van der Waals surface area contributed by atoms with Crippen molar-refractivity contribution < 1.29 is 14.3 Å². The van der Waals surface area contributed by atoms with Crippen molar-refractivity contribution in [2.75, 3.05) is 6.61 Å². The Bertz CT molecular complexity index is 1340. The molecule has 7 nitrogen and oxygen atoms in total. The Morgan fingerprint density at radius 1 is 1.19 bits per heavy atom. The second kappa shape index (κ2) is 10.9. The van der Waals surface area contributed by atoms with Crippen molar-refractivity contribution in [1.82, 2.24) is 20.2 Å². The van der Waals surface area contributed by atoms with Crippen LogP contribution in [-0.2, 0) is 24.8 Å². The zero-order valence-electron chi connectivity index (χ0n) is 22.0. The number of rotatable bonds is 8. The predicted molar refractivity (Wildman–Crippen MR) is 148 cm³/mol. The maximum atomic E-state index is 13.0. The zero-order valence-corrected chi connectivity index (χ0v) is 23.5. The van der Waals surface area contributed by atoms with Crippen LogP contribution in [0.25, 0.3) is 11.0 Å². The van der Waals surface area contributed by atoms with Gasteiger partial charge in [-0.05, 0) is 49.4 Å². The van der Waals surface area contributed by atoms with E-state index in [4.69, 9.17) is 32.9 Å². The van der Waals surface area contributed by atoms with E-state index in [-0.39, 0.29) is 17.9 Å².